The zero-order chi connectivity index (χ0) is 8.36. The molecule has 0 atom stereocenters. The van der Waals surface area contributed by atoms with E-state index < -0.39 is 0 Å². The van der Waals surface area contributed by atoms with Gasteiger partial charge in [-0.05, 0) is 12.5 Å². The predicted octanol–water partition coefficient (Wildman–Crippen LogP) is 1.12. The number of hydrogen-bond donors (Lipinski definition) is 0. The topological polar surface area (TPSA) is 18.5 Å². The Kier molecular flexibility index (Phi) is 9.77. The van der Waals surface area contributed by atoms with Crippen LogP contribution in [0.1, 0.15) is 12.8 Å². The van der Waals surface area contributed by atoms with Crippen LogP contribution in [0.3, 0.4) is 0 Å². The minimum atomic E-state index is -0.257. The van der Waals surface area contributed by atoms with Crippen LogP contribution in [0.5, 0.6) is 0 Å². The third kappa shape index (κ3) is 9.88. The van der Waals surface area contributed by atoms with Crippen molar-refractivity contribution in [2.45, 2.75) is 18.9 Å². The first-order valence-electron chi connectivity index (χ1n) is 4.09. The zero-order valence-corrected chi connectivity index (χ0v) is 8.76. The average Bonchev–Trinajstić information content (AvgIpc) is 2.03. The zero-order valence-electron chi connectivity index (χ0n) is 7.34. The van der Waals surface area contributed by atoms with Gasteiger partial charge >= 0.3 is 0 Å². The number of rotatable bonds is 8. The number of hydrogen-bond acceptors (Lipinski definition) is 2. The van der Waals surface area contributed by atoms with Crippen LogP contribution >= 0.6 is 0 Å². The van der Waals surface area contributed by atoms with Gasteiger partial charge in [0.2, 0.25) is 0 Å². The molecule has 0 saturated carbocycles. The lowest BCUT2D eigenvalue weighted by Gasteiger charge is -2.01. The summed E-state index contributed by atoms with van der Waals surface area (Å²) in [6, 6.07) is 1.26. The summed E-state index contributed by atoms with van der Waals surface area (Å²) in [6.45, 7) is 5.17. The lowest BCUT2D eigenvalue weighted by Crippen LogP contribution is -2.05. The van der Waals surface area contributed by atoms with Gasteiger partial charge in [-0.25, -0.2) is 0 Å². The highest BCUT2D eigenvalue weighted by molar-refractivity contribution is 6.26. The molecular formula is C8H18O2Si. The van der Waals surface area contributed by atoms with Crippen LogP contribution in [0.2, 0.25) is 6.04 Å². The Hall–Kier alpha value is -0.123. The van der Waals surface area contributed by atoms with Crippen molar-refractivity contribution in [3.63, 3.8) is 0 Å². The minimum absolute atomic E-state index is 0.257. The second kappa shape index (κ2) is 9.88. The summed E-state index contributed by atoms with van der Waals surface area (Å²) in [5.41, 5.74) is 0. The monoisotopic (exact) mass is 174 g/mol. The van der Waals surface area contributed by atoms with Gasteiger partial charge in [-0.2, -0.15) is 0 Å². The van der Waals surface area contributed by atoms with Crippen molar-refractivity contribution >= 4 is 9.76 Å². The summed E-state index contributed by atoms with van der Waals surface area (Å²) < 4.78 is 10.3. The molecular weight excluding hydrogens is 156 g/mol. The molecule has 0 spiro atoms. The normalized spacial score (nSPS) is 11.0. The van der Waals surface area contributed by atoms with E-state index in [1.54, 1.807) is 7.11 Å². The van der Waals surface area contributed by atoms with Gasteiger partial charge in [0, 0.05) is 7.11 Å². The van der Waals surface area contributed by atoms with E-state index in [4.69, 9.17) is 9.16 Å². The van der Waals surface area contributed by atoms with E-state index in [1.807, 2.05) is 6.08 Å². The Balaban J connectivity index is 2.74. The Bertz CT molecular complexity index is 86.2. The molecule has 0 fully saturated rings. The lowest BCUT2D eigenvalue weighted by molar-refractivity contribution is 0.149. The molecule has 0 aromatic rings. The van der Waals surface area contributed by atoms with E-state index in [1.165, 1.54) is 12.5 Å². The van der Waals surface area contributed by atoms with Gasteiger partial charge in [0.25, 0.3) is 0 Å². The molecule has 0 rings (SSSR count). The van der Waals surface area contributed by atoms with Crippen LogP contribution < -0.4 is 0 Å². The molecule has 0 aromatic heterocycles. The summed E-state index contributed by atoms with van der Waals surface area (Å²) in [6.07, 6.45) is 4.33. The maximum atomic E-state index is 5.40. The van der Waals surface area contributed by atoms with Crippen LogP contribution in [0.4, 0.5) is 0 Å². The lowest BCUT2D eigenvalue weighted by atomic mass is 10.3. The summed E-state index contributed by atoms with van der Waals surface area (Å²) in [5.74, 6) is 0. The molecule has 0 aliphatic rings. The van der Waals surface area contributed by atoms with Crippen molar-refractivity contribution in [1.82, 2.24) is 0 Å². The molecule has 0 aliphatic carbocycles. The van der Waals surface area contributed by atoms with Gasteiger partial charge in [0.1, 0.15) is 0 Å². The van der Waals surface area contributed by atoms with E-state index in [0.29, 0.717) is 0 Å². The van der Waals surface area contributed by atoms with Crippen molar-refractivity contribution in [2.75, 3.05) is 20.3 Å². The molecule has 0 radical (unpaired) electrons. The fraction of sp³-hybridized carbons (Fsp3) is 0.750. The molecule has 0 unspecified atom stereocenters. The average molecular weight is 174 g/mol. The first kappa shape index (κ1) is 10.9. The Morgan fingerprint density at radius 3 is 2.91 bits per heavy atom. The molecule has 0 aliphatic heterocycles. The van der Waals surface area contributed by atoms with Crippen LogP contribution in [0.15, 0.2) is 12.7 Å². The SMILES string of the molecule is C=CCCC[SiH2]OCCOC. The highest BCUT2D eigenvalue weighted by atomic mass is 28.2. The maximum absolute atomic E-state index is 5.40. The van der Waals surface area contributed by atoms with Crippen LogP contribution in [-0.4, -0.2) is 30.1 Å². The van der Waals surface area contributed by atoms with Gasteiger partial charge in [0.15, 0.2) is 9.76 Å². The molecule has 0 N–H and O–H groups in total. The first-order valence-corrected chi connectivity index (χ1v) is 5.67. The molecule has 3 heteroatoms. The molecule has 11 heavy (non-hydrogen) atoms. The fourth-order valence-corrected chi connectivity index (χ4v) is 1.76. The molecule has 2 nitrogen and oxygen atoms in total. The fourth-order valence-electron chi connectivity index (χ4n) is 0.737. The van der Waals surface area contributed by atoms with Gasteiger partial charge in [-0.15, -0.1) is 6.58 Å². The third-order valence-corrected chi connectivity index (χ3v) is 2.74. The third-order valence-electron chi connectivity index (χ3n) is 1.38. The summed E-state index contributed by atoms with van der Waals surface area (Å²) in [4.78, 5) is 0. The molecule has 0 heterocycles. The largest absolute Gasteiger partial charge is 0.422 e. The van der Waals surface area contributed by atoms with Crippen molar-refractivity contribution in [3.8, 4) is 0 Å². The standard InChI is InChI=1S/C8H18O2Si/c1-3-4-5-8-11-10-7-6-9-2/h3H,1,4-8,11H2,2H3. The summed E-state index contributed by atoms with van der Waals surface area (Å²) in [7, 11) is 1.44. The van der Waals surface area contributed by atoms with Crippen molar-refractivity contribution in [1.29, 1.82) is 0 Å². The molecule has 66 valence electrons. The van der Waals surface area contributed by atoms with Crippen LogP contribution in [0, 0.1) is 0 Å². The maximum Gasteiger partial charge on any atom is 0.161 e. The van der Waals surface area contributed by atoms with Gasteiger partial charge in [-0.1, -0.05) is 12.5 Å². The summed E-state index contributed by atoms with van der Waals surface area (Å²) in [5, 5.41) is 0. The Labute approximate surface area is 71.5 Å². The van der Waals surface area contributed by atoms with E-state index in [-0.39, 0.29) is 9.76 Å². The van der Waals surface area contributed by atoms with E-state index >= 15 is 0 Å². The quantitative estimate of drug-likeness (QED) is 0.312. The van der Waals surface area contributed by atoms with Gasteiger partial charge in [-0.3, -0.25) is 0 Å². The number of ether oxygens (including phenoxy) is 1. The Morgan fingerprint density at radius 1 is 1.45 bits per heavy atom. The number of methoxy groups -OCH3 is 1. The smallest absolute Gasteiger partial charge is 0.161 e. The number of unbranched alkanes of at least 4 members (excludes halogenated alkanes) is 1. The minimum Gasteiger partial charge on any atom is -0.422 e. The van der Waals surface area contributed by atoms with Crippen LogP contribution in [-0.2, 0) is 9.16 Å². The van der Waals surface area contributed by atoms with Crippen molar-refractivity contribution in [3.05, 3.63) is 12.7 Å². The van der Waals surface area contributed by atoms with Crippen LogP contribution in [0.25, 0.3) is 0 Å². The molecule has 0 bridgehead atoms. The first-order chi connectivity index (χ1) is 5.41. The van der Waals surface area contributed by atoms with E-state index in [9.17, 15) is 0 Å². The predicted molar refractivity (Wildman–Crippen MR) is 50.6 cm³/mol. The molecule has 0 amide bonds. The van der Waals surface area contributed by atoms with E-state index in [0.717, 1.165) is 19.6 Å². The van der Waals surface area contributed by atoms with Gasteiger partial charge in [0.05, 0.1) is 13.2 Å². The highest BCUT2D eigenvalue weighted by Crippen LogP contribution is 1.95. The van der Waals surface area contributed by atoms with E-state index in [2.05, 4.69) is 6.58 Å². The number of allylic oxidation sites excluding steroid dienone is 1. The molecule has 0 aromatic carbocycles. The van der Waals surface area contributed by atoms with Crippen molar-refractivity contribution < 1.29 is 9.16 Å². The Morgan fingerprint density at radius 2 is 2.27 bits per heavy atom. The van der Waals surface area contributed by atoms with Gasteiger partial charge < -0.3 is 9.16 Å². The van der Waals surface area contributed by atoms with Crippen molar-refractivity contribution in [2.24, 2.45) is 0 Å². The highest BCUT2D eigenvalue weighted by Gasteiger charge is 1.88. The second-order valence-corrected chi connectivity index (χ2v) is 3.91. The summed E-state index contributed by atoms with van der Waals surface area (Å²) >= 11 is 0. The molecule has 0 saturated heterocycles. The second-order valence-electron chi connectivity index (χ2n) is 2.39.